The molecule has 0 unspecified atom stereocenters. The minimum atomic E-state index is -0.222. The number of nitrogens with two attached hydrogens (primary N) is 1. The van der Waals surface area contributed by atoms with Crippen molar-refractivity contribution in [2.45, 2.75) is 33.6 Å². The monoisotopic (exact) mass is 486 g/mol. The van der Waals surface area contributed by atoms with E-state index in [4.69, 9.17) is 5.73 Å². The summed E-state index contributed by atoms with van der Waals surface area (Å²) in [5.41, 5.74) is 13.0. The van der Waals surface area contributed by atoms with Gasteiger partial charge in [-0.3, -0.25) is 14.5 Å². The van der Waals surface area contributed by atoms with Gasteiger partial charge >= 0.3 is 0 Å². The van der Waals surface area contributed by atoms with Crippen molar-refractivity contribution >= 4 is 29.0 Å². The molecule has 2 aliphatic rings. The van der Waals surface area contributed by atoms with Crippen LogP contribution in [0.3, 0.4) is 0 Å². The van der Waals surface area contributed by atoms with E-state index in [1.807, 2.05) is 31.2 Å². The number of amides is 1. The van der Waals surface area contributed by atoms with Crippen molar-refractivity contribution in [3.8, 4) is 0 Å². The van der Waals surface area contributed by atoms with E-state index in [0.717, 1.165) is 37.4 Å². The molecular weight excluding hydrogens is 452 g/mol. The van der Waals surface area contributed by atoms with Gasteiger partial charge in [-0.05, 0) is 56.5 Å². The second-order valence-electron chi connectivity index (χ2n) is 9.86. The van der Waals surface area contributed by atoms with Gasteiger partial charge in [0, 0.05) is 62.6 Å². The molecule has 0 saturated carbocycles. The summed E-state index contributed by atoms with van der Waals surface area (Å²) in [6, 6.07) is 14.3. The number of benzene rings is 2. The van der Waals surface area contributed by atoms with E-state index >= 15 is 0 Å². The normalized spacial score (nSPS) is 16.4. The maximum atomic E-state index is 13.4. The van der Waals surface area contributed by atoms with Gasteiger partial charge in [0.15, 0.2) is 0 Å². The molecule has 0 spiro atoms. The van der Waals surface area contributed by atoms with Crippen LogP contribution in [-0.2, 0) is 6.42 Å². The number of hydrogen-bond donors (Lipinski definition) is 1. The quantitative estimate of drug-likeness (QED) is 0.594. The van der Waals surface area contributed by atoms with Crippen LogP contribution in [0, 0.1) is 20.8 Å². The molecule has 0 bridgehead atoms. The first-order valence-electron chi connectivity index (χ1n) is 12.7. The smallest absolute Gasteiger partial charge is 0.277 e. The SMILES string of the molecule is Cc1ccc(N2CCc3c(N)nn(C(=O)CCN4CCN(c5cccc(C)c5C)CC4)c3C2=O)cc1. The van der Waals surface area contributed by atoms with E-state index in [2.05, 4.69) is 46.9 Å². The molecular formula is C28H34N6O2. The summed E-state index contributed by atoms with van der Waals surface area (Å²) in [7, 11) is 0. The molecule has 3 heterocycles. The predicted molar refractivity (Wildman–Crippen MR) is 143 cm³/mol. The third-order valence-electron chi connectivity index (χ3n) is 7.56. The Kier molecular flexibility index (Phi) is 6.53. The van der Waals surface area contributed by atoms with Gasteiger partial charge in [-0.15, -0.1) is 5.10 Å². The summed E-state index contributed by atoms with van der Waals surface area (Å²) in [5, 5.41) is 4.29. The molecule has 188 valence electrons. The molecule has 8 heteroatoms. The second kappa shape index (κ2) is 9.78. The van der Waals surface area contributed by atoms with Crippen LogP contribution in [0.25, 0.3) is 0 Å². The molecule has 8 nitrogen and oxygen atoms in total. The fourth-order valence-electron chi connectivity index (χ4n) is 5.19. The number of nitrogen functional groups attached to an aromatic ring is 1. The van der Waals surface area contributed by atoms with Crippen LogP contribution >= 0.6 is 0 Å². The van der Waals surface area contributed by atoms with Crippen LogP contribution in [0.5, 0.6) is 0 Å². The first-order chi connectivity index (χ1) is 17.3. The van der Waals surface area contributed by atoms with Crippen LogP contribution in [-0.4, -0.2) is 65.8 Å². The fourth-order valence-corrected chi connectivity index (χ4v) is 5.19. The molecule has 1 saturated heterocycles. The van der Waals surface area contributed by atoms with E-state index in [-0.39, 0.29) is 24.1 Å². The summed E-state index contributed by atoms with van der Waals surface area (Å²) in [6.07, 6.45) is 0.864. The highest BCUT2D eigenvalue weighted by Gasteiger charge is 2.34. The number of hydrogen-bond acceptors (Lipinski definition) is 6. The van der Waals surface area contributed by atoms with Crippen LogP contribution in [0.1, 0.15) is 44.0 Å². The number of carbonyl (C=O) groups is 2. The highest BCUT2D eigenvalue weighted by molar-refractivity contribution is 6.09. The number of piperazine rings is 1. The Hall–Kier alpha value is -3.65. The summed E-state index contributed by atoms with van der Waals surface area (Å²) >= 11 is 0. The Bertz CT molecular complexity index is 1290. The highest BCUT2D eigenvalue weighted by atomic mass is 16.2. The van der Waals surface area contributed by atoms with Crippen molar-refractivity contribution in [2.75, 3.05) is 54.8 Å². The van der Waals surface area contributed by atoms with Crippen molar-refractivity contribution in [3.63, 3.8) is 0 Å². The molecule has 36 heavy (non-hydrogen) atoms. The van der Waals surface area contributed by atoms with E-state index in [9.17, 15) is 9.59 Å². The number of fused-ring (bicyclic) bond motifs is 1. The minimum Gasteiger partial charge on any atom is -0.382 e. The number of anilines is 3. The Morgan fingerprint density at radius 3 is 2.42 bits per heavy atom. The number of aromatic nitrogens is 2. The van der Waals surface area contributed by atoms with E-state index in [0.29, 0.717) is 30.8 Å². The third kappa shape index (κ3) is 4.48. The average molecular weight is 487 g/mol. The van der Waals surface area contributed by atoms with Crippen LogP contribution in [0.2, 0.25) is 0 Å². The average Bonchev–Trinajstić information content (AvgIpc) is 3.23. The van der Waals surface area contributed by atoms with Crippen molar-refractivity contribution in [1.29, 1.82) is 0 Å². The zero-order chi connectivity index (χ0) is 25.4. The number of nitrogens with zero attached hydrogens (tertiary/aromatic N) is 5. The summed E-state index contributed by atoms with van der Waals surface area (Å²) in [4.78, 5) is 33.1. The van der Waals surface area contributed by atoms with Crippen LogP contribution in [0.4, 0.5) is 17.2 Å². The lowest BCUT2D eigenvalue weighted by Crippen LogP contribution is -2.47. The van der Waals surface area contributed by atoms with E-state index in [1.165, 1.54) is 21.5 Å². The van der Waals surface area contributed by atoms with Gasteiger partial charge in [0.2, 0.25) is 5.91 Å². The maximum absolute atomic E-state index is 13.4. The minimum absolute atomic E-state index is 0.195. The molecule has 0 radical (unpaired) electrons. The standard InChI is InChI=1S/C28H34N6O2/c1-19-7-9-22(10-8-19)33-14-11-23-26(28(33)36)34(30-27(23)29)25(35)12-13-31-15-17-32(18-16-31)24-6-4-5-20(2)21(24)3/h4-10H,11-18H2,1-3H3,(H2,29,30). The third-order valence-corrected chi connectivity index (χ3v) is 7.56. The number of aryl methyl sites for hydroxylation is 2. The van der Waals surface area contributed by atoms with E-state index < -0.39 is 0 Å². The summed E-state index contributed by atoms with van der Waals surface area (Å²) < 4.78 is 1.25. The van der Waals surface area contributed by atoms with E-state index in [1.54, 1.807) is 4.90 Å². The van der Waals surface area contributed by atoms with Gasteiger partial charge in [-0.25, -0.2) is 0 Å². The molecule has 2 aliphatic heterocycles. The van der Waals surface area contributed by atoms with Crippen molar-refractivity contribution < 1.29 is 9.59 Å². The lowest BCUT2D eigenvalue weighted by molar-refractivity contribution is 0.0840. The Balaban J connectivity index is 1.24. The molecule has 1 amide bonds. The molecule has 3 aromatic rings. The molecule has 0 atom stereocenters. The van der Waals surface area contributed by atoms with Gasteiger partial charge in [0.05, 0.1) is 0 Å². The summed E-state index contributed by atoms with van der Waals surface area (Å²) in [6.45, 7) is 11.1. The molecule has 2 N–H and O–H groups in total. The second-order valence-corrected chi connectivity index (χ2v) is 9.86. The van der Waals surface area contributed by atoms with Crippen LogP contribution in [0.15, 0.2) is 42.5 Å². The van der Waals surface area contributed by atoms with Crippen molar-refractivity contribution in [3.05, 3.63) is 70.4 Å². The Labute approximate surface area is 212 Å². The molecule has 1 fully saturated rings. The van der Waals surface area contributed by atoms with Crippen molar-refractivity contribution in [1.82, 2.24) is 14.7 Å². The zero-order valence-electron chi connectivity index (χ0n) is 21.3. The van der Waals surface area contributed by atoms with Gasteiger partial charge in [-0.2, -0.15) is 4.68 Å². The Morgan fingerprint density at radius 1 is 0.972 bits per heavy atom. The first-order valence-corrected chi connectivity index (χ1v) is 12.7. The fraction of sp³-hybridized carbons (Fsp3) is 0.393. The highest BCUT2D eigenvalue weighted by Crippen LogP contribution is 2.28. The van der Waals surface area contributed by atoms with Gasteiger partial charge in [0.25, 0.3) is 5.91 Å². The largest absolute Gasteiger partial charge is 0.382 e. The maximum Gasteiger partial charge on any atom is 0.277 e. The molecule has 5 rings (SSSR count). The molecule has 2 aromatic carbocycles. The van der Waals surface area contributed by atoms with Gasteiger partial charge in [0.1, 0.15) is 11.5 Å². The number of carbonyl (C=O) groups excluding carboxylic acids is 2. The first kappa shape index (κ1) is 24.1. The Morgan fingerprint density at radius 2 is 1.69 bits per heavy atom. The molecule has 0 aliphatic carbocycles. The van der Waals surface area contributed by atoms with Gasteiger partial charge < -0.3 is 15.5 Å². The van der Waals surface area contributed by atoms with Gasteiger partial charge in [-0.1, -0.05) is 29.8 Å². The lowest BCUT2D eigenvalue weighted by atomic mass is 10.0. The zero-order valence-corrected chi connectivity index (χ0v) is 21.3. The summed E-state index contributed by atoms with van der Waals surface area (Å²) in [5.74, 6) is -0.142. The number of rotatable bonds is 5. The van der Waals surface area contributed by atoms with Crippen LogP contribution < -0.4 is 15.5 Å². The lowest BCUT2D eigenvalue weighted by Gasteiger charge is -2.37. The molecule has 1 aromatic heterocycles. The topological polar surface area (TPSA) is 87.7 Å². The predicted octanol–water partition coefficient (Wildman–Crippen LogP) is 3.45. The van der Waals surface area contributed by atoms with Crippen molar-refractivity contribution in [2.24, 2.45) is 0 Å².